The highest BCUT2D eigenvalue weighted by molar-refractivity contribution is 7.92. The van der Waals surface area contributed by atoms with E-state index in [4.69, 9.17) is 10.8 Å². The summed E-state index contributed by atoms with van der Waals surface area (Å²) in [4.78, 5) is 22.2. The van der Waals surface area contributed by atoms with Crippen LogP contribution in [0.4, 0.5) is 5.69 Å². The Morgan fingerprint density at radius 1 is 1.13 bits per heavy atom. The van der Waals surface area contributed by atoms with E-state index in [0.717, 1.165) is 6.07 Å². The highest BCUT2D eigenvalue weighted by atomic mass is 32.2. The van der Waals surface area contributed by atoms with Crippen LogP contribution in [0.2, 0.25) is 0 Å². The lowest BCUT2D eigenvalue weighted by Gasteiger charge is -2.13. The van der Waals surface area contributed by atoms with Crippen LogP contribution in [0.3, 0.4) is 0 Å². The summed E-state index contributed by atoms with van der Waals surface area (Å²) in [7, 11) is -4.08. The summed E-state index contributed by atoms with van der Waals surface area (Å²) >= 11 is 0. The molecule has 0 saturated carbocycles. The molecule has 0 aliphatic carbocycles. The number of rotatable bonds is 5. The van der Waals surface area contributed by atoms with Crippen molar-refractivity contribution in [1.82, 2.24) is 0 Å². The molecular formula is C15H14N2O5S. The molecule has 0 atom stereocenters. The number of primary amides is 1. The standard InChI is InChI=1S/C15H14N2O5S/c1-9-6-7-10(15(19)20)8-13(9)23(21,22)17-12-5-3-2-4-11(12)14(16)18/h2-8,17H,1H3,(H2,16,18)(H,19,20). The van der Waals surface area contributed by atoms with Gasteiger partial charge in [0, 0.05) is 0 Å². The molecule has 0 aromatic heterocycles. The maximum atomic E-state index is 12.5. The Hall–Kier alpha value is -2.87. The Labute approximate surface area is 132 Å². The fraction of sp³-hybridized carbons (Fsp3) is 0.0667. The van der Waals surface area contributed by atoms with Crippen LogP contribution in [-0.4, -0.2) is 25.4 Å². The van der Waals surface area contributed by atoms with E-state index in [2.05, 4.69) is 4.72 Å². The number of sulfonamides is 1. The monoisotopic (exact) mass is 334 g/mol. The Morgan fingerprint density at radius 2 is 1.78 bits per heavy atom. The molecule has 2 aromatic carbocycles. The van der Waals surface area contributed by atoms with E-state index in [9.17, 15) is 18.0 Å². The summed E-state index contributed by atoms with van der Waals surface area (Å²) in [6.45, 7) is 1.54. The zero-order valence-electron chi connectivity index (χ0n) is 12.1. The van der Waals surface area contributed by atoms with E-state index in [-0.39, 0.29) is 21.7 Å². The number of aromatic carboxylic acids is 1. The topological polar surface area (TPSA) is 127 Å². The van der Waals surface area contributed by atoms with Gasteiger partial charge in [0.1, 0.15) is 0 Å². The van der Waals surface area contributed by atoms with E-state index in [1.54, 1.807) is 19.1 Å². The third-order valence-corrected chi connectivity index (χ3v) is 4.67. The zero-order valence-corrected chi connectivity index (χ0v) is 12.9. The van der Waals surface area contributed by atoms with Crippen LogP contribution in [0, 0.1) is 6.92 Å². The Balaban J connectivity index is 2.50. The molecule has 2 aromatic rings. The maximum Gasteiger partial charge on any atom is 0.335 e. The van der Waals surface area contributed by atoms with Crippen molar-refractivity contribution in [3.8, 4) is 0 Å². The predicted octanol–water partition coefficient (Wildman–Crippen LogP) is 1.59. The number of carboxylic acid groups (broad SMARTS) is 1. The minimum atomic E-state index is -4.08. The molecule has 7 nitrogen and oxygen atoms in total. The van der Waals surface area contributed by atoms with E-state index >= 15 is 0 Å². The number of anilines is 1. The van der Waals surface area contributed by atoms with E-state index in [1.165, 1.54) is 24.3 Å². The van der Waals surface area contributed by atoms with Gasteiger partial charge in [0.2, 0.25) is 0 Å². The van der Waals surface area contributed by atoms with Crippen molar-refractivity contribution in [2.75, 3.05) is 4.72 Å². The molecule has 0 aliphatic heterocycles. The van der Waals surface area contributed by atoms with Gasteiger partial charge in [0.05, 0.1) is 21.7 Å². The molecule has 0 radical (unpaired) electrons. The molecule has 2 rings (SSSR count). The largest absolute Gasteiger partial charge is 0.478 e. The Morgan fingerprint density at radius 3 is 2.39 bits per heavy atom. The van der Waals surface area contributed by atoms with Gasteiger partial charge in [-0.15, -0.1) is 0 Å². The molecule has 4 N–H and O–H groups in total. The number of carboxylic acids is 1. The van der Waals surface area contributed by atoms with Crippen molar-refractivity contribution < 1.29 is 23.1 Å². The molecule has 1 amide bonds. The molecule has 0 unspecified atom stereocenters. The molecule has 23 heavy (non-hydrogen) atoms. The number of nitrogens with two attached hydrogens (primary N) is 1. The molecule has 0 spiro atoms. The average Bonchev–Trinajstić information content (AvgIpc) is 2.47. The van der Waals surface area contributed by atoms with Crippen molar-refractivity contribution in [2.24, 2.45) is 5.73 Å². The highest BCUT2D eigenvalue weighted by Crippen LogP contribution is 2.23. The normalized spacial score (nSPS) is 11.0. The number of amides is 1. The summed E-state index contributed by atoms with van der Waals surface area (Å²) in [6.07, 6.45) is 0. The second-order valence-corrected chi connectivity index (χ2v) is 6.45. The highest BCUT2D eigenvalue weighted by Gasteiger charge is 2.21. The van der Waals surface area contributed by atoms with Crippen LogP contribution in [0.25, 0.3) is 0 Å². The van der Waals surface area contributed by atoms with Gasteiger partial charge in [0.15, 0.2) is 0 Å². The van der Waals surface area contributed by atoms with Crippen LogP contribution in [0.15, 0.2) is 47.4 Å². The molecule has 0 fully saturated rings. The molecule has 0 bridgehead atoms. The zero-order chi connectivity index (χ0) is 17.2. The van der Waals surface area contributed by atoms with E-state index in [0.29, 0.717) is 5.56 Å². The number of hydrogen-bond acceptors (Lipinski definition) is 4. The van der Waals surface area contributed by atoms with Gasteiger partial charge in [-0.2, -0.15) is 0 Å². The molecule has 0 saturated heterocycles. The SMILES string of the molecule is Cc1ccc(C(=O)O)cc1S(=O)(=O)Nc1ccccc1C(N)=O. The third kappa shape index (κ3) is 3.49. The number of nitrogens with one attached hydrogen (secondary N) is 1. The molecule has 8 heteroatoms. The maximum absolute atomic E-state index is 12.5. The van der Waals surface area contributed by atoms with Crippen molar-refractivity contribution >= 4 is 27.6 Å². The summed E-state index contributed by atoms with van der Waals surface area (Å²) in [5.74, 6) is -2.02. The van der Waals surface area contributed by atoms with Gasteiger partial charge in [-0.25, -0.2) is 13.2 Å². The fourth-order valence-electron chi connectivity index (χ4n) is 2.01. The third-order valence-electron chi connectivity index (χ3n) is 3.16. The Kier molecular flexibility index (Phi) is 4.37. The number of carbonyl (C=O) groups excluding carboxylic acids is 1. The van der Waals surface area contributed by atoms with Crippen molar-refractivity contribution in [3.05, 3.63) is 59.2 Å². The minimum Gasteiger partial charge on any atom is -0.478 e. The van der Waals surface area contributed by atoms with Gasteiger partial charge in [-0.05, 0) is 36.8 Å². The first kappa shape index (κ1) is 16.5. The summed E-state index contributed by atoms with van der Waals surface area (Å²) in [5, 5.41) is 9.00. The first-order valence-corrected chi connectivity index (χ1v) is 7.96. The van der Waals surface area contributed by atoms with Gasteiger partial charge >= 0.3 is 5.97 Å². The summed E-state index contributed by atoms with van der Waals surface area (Å²) < 4.78 is 27.3. The van der Waals surface area contributed by atoms with Gasteiger partial charge in [-0.1, -0.05) is 18.2 Å². The van der Waals surface area contributed by atoms with Gasteiger partial charge in [0.25, 0.3) is 15.9 Å². The lowest BCUT2D eigenvalue weighted by atomic mass is 10.1. The summed E-state index contributed by atoms with van der Waals surface area (Å²) in [6, 6.07) is 9.66. The average molecular weight is 334 g/mol. The molecule has 0 aliphatic rings. The van der Waals surface area contributed by atoms with Crippen molar-refractivity contribution in [1.29, 1.82) is 0 Å². The predicted molar refractivity (Wildman–Crippen MR) is 83.9 cm³/mol. The van der Waals surface area contributed by atoms with Gasteiger partial charge in [-0.3, -0.25) is 9.52 Å². The van der Waals surface area contributed by atoms with Crippen LogP contribution in [0.5, 0.6) is 0 Å². The lowest BCUT2D eigenvalue weighted by molar-refractivity contribution is 0.0696. The number of aryl methyl sites for hydroxylation is 1. The molecule has 120 valence electrons. The van der Waals surface area contributed by atoms with Crippen LogP contribution in [-0.2, 0) is 10.0 Å². The van der Waals surface area contributed by atoms with Crippen LogP contribution >= 0.6 is 0 Å². The van der Waals surface area contributed by atoms with E-state index < -0.39 is 21.9 Å². The first-order valence-electron chi connectivity index (χ1n) is 6.48. The number of carbonyl (C=O) groups is 2. The summed E-state index contributed by atoms with van der Waals surface area (Å²) in [5.41, 5.74) is 5.48. The number of benzene rings is 2. The Bertz CT molecular complexity index is 890. The molecular weight excluding hydrogens is 320 g/mol. The molecule has 0 heterocycles. The smallest absolute Gasteiger partial charge is 0.335 e. The van der Waals surface area contributed by atoms with Gasteiger partial charge < -0.3 is 10.8 Å². The second-order valence-electron chi connectivity index (χ2n) is 4.80. The van der Waals surface area contributed by atoms with Crippen molar-refractivity contribution in [3.63, 3.8) is 0 Å². The van der Waals surface area contributed by atoms with Crippen LogP contribution in [0.1, 0.15) is 26.3 Å². The first-order chi connectivity index (χ1) is 10.7. The van der Waals surface area contributed by atoms with E-state index in [1.807, 2.05) is 0 Å². The minimum absolute atomic E-state index is 0.0168. The fourth-order valence-corrected chi connectivity index (χ4v) is 3.36. The number of para-hydroxylation sites is 1. The number of hydrogen-bond donors (Lipinski definition) is 3. The lowest BCUT2D eigenvalue weighted by Crippen LogP contribution is -2.19. The van der Waals surface area contributed by atoms with Crippen LogP contribution < -0.4 is 10.5 Å². The second kappa shape index (κ2) is 6.09. The van der Waals surface area contributed by atoms with Crippen molar-refractivity contribution in [2.45, 2.75) is 11.8 Å². The quantitative estimate of drug-likeness (QED) is 0.765.